The Hall–Kier alpha value is 0.550. The molecule has 1 nitrogen and oxygen atoms in total. The molecule has 0 saturated heterocycles. The number of hydrogen-bond donors (Lipinski definition) is 0. The molecule has 0 heterocycles. The standard InChI is InChI=1S/C4H6Cl2F6NP/c1-13(2)14(5,6,3(7,8)9)4(10,11)12/h1-2H3. The van der Waals surface area contributed by atoms with Gasteiger partial charge in [-0.25, -0.2) is 0 Å². The van der Waals surface area contributed by atoms with Gasteiger partial charge >= 0.3 is 84.9 Å². The fraction of sp³-hybridized carbons (Fsp3) is 1.00. The molecule has 0 fully saturated rings. The summed E-state index contributed by atoms with van der Waals surface area (Å²) < 4.78 is 73.4. The van der Waals surface area contributed by atoms with Crippen molar-refractivity contribution in [2.45, 2.75) is 11.8 Å². The predicted octanol–water partition coefficient (Wildman–Crippen LogP) is 4.36. The molecule has 0 spiro atoms. The number of nitrogens with zero attached hydrogens (tertiary/aromatic N) is 1. The van der Waals surface area contributed by atoms with Crippen LogP contribution < -0.4 is 0 Å². The van der Waals surface area contributed by atoms with Gasteiger partial charge in [0, 0.05) is 0 Å². The third-order valence-electron chi connectivity index (χ3n) is 1.57. The van der Waals surface area contributed by atoms with E-state index in [1.54, 1.807) is 0 Å². The summed E-state index contributed by atoms with van der Waals surface area (Å²) in [5.74, 6) is -11.5. The molecule has 0 aliphatic rings. The quantitative estimate of drug-likeness (QED) is 0.510. The molecule has 0 N–H and O–H groups in total. The molecule has 0 amide bonds. The number of hydrogen-bond acceptors (Lipinski definition) is 1. The zero-order valence-electron chi connectivity index (χ0n) is 6.92. The van der Waals surface area contributed by atoms with Gasteiger partial charge in [0.15, 0.2) is 0 Å². The van der Waals surface area contributed by atoms with Crippen molar-refractivity contribution < 1.29 is 26.3 Å². The van der Waals surface area contributed by atoms with E-state index >= 15 is 0 Å². The van der Waals surface area contributed by atoms with E-state index in [4.69, 9.17) is 0 Å². The van der Waals surface area contributed by atoms with E-state index < -0.39 is 17.3 Å². The van der Waals surface area contributed by atoms with Gasteiger partial charge in [0.05, 0.1) is 0 Å². The van der Waals surface area contributed by atoms with Crippen LogP contribution in [0, 0.1) is 0 Å². The first-order valence-electron chi connectivity index (χ1n) is 3.01. The fourth-order valence-corrected chi connectivity index (χ4v) is 1.79. The van der Waals surface area contributed by atoms with Gasteiger partial charge in [0.1, 0.15) is 0 Å². The monoisotopic (exact) mass is 283 g/mol. The summed E-state index contributed by atoms with van der Waals surface area (Å²) in [6, 6.07) is 0. The van der Waals surface area contributed by atoms with Crippen molar-refractivity contribution in [1.29, 1.82) is 0 Å². The minimum atomic E-state index is -6.94. The molecule has 0 aromatic heterocycles. The van der Waals surface area contributed by atoms with Gasteiger partial charge in [-0.3, -0.25) is 0 Å². The van der Waals surface area contributed by atoms with Crippen molar-refractivity contribution >= 4 is 27.9 Å². The van der Waals surface area contributed by atoms with Crippen molar-refractivity contribution in [3.05, 3.63) is 0 Å². The van der Waals surface area contributed by atoms with Crippen LogP contribution >= 0.6 is 27.9 Å². The Labute approximate surface area is 85.5 Å². The van der Waals surface area contributed by atoms with Gasteiger partial charge in [-0.05, 0) is 0 Å². The van der Waals surface area contributed by atoms with Crippen molar-refractivity contribution in [2.75, 3.05) is 14.1 Å². The van der Waals surface area contributed by atoms with E-state index in [0.29, 0.717) is 14.1 Å². The first-order chi connectivity index (χ1) is 5.75. The Morgan fingerprint density at radius 2 is 1.07 bits per heavy atom. The number of rotatable bonds is 1. The normalized spacial score (nSPS) is 18.1. The van der Waals surface area contributed by atoms with Crippen LogP contribution in [0.4, 0.5) is 26.3 Å². The Balaban J connectivity index is 5.76. The summed E-state index contributed by atoms with van der Waals surface area (Å²) in [4.78, 5) is 0. The van der Waals surface area contributed by atoms with Gasteiger partial charge in [-0.15, -0.1) is 0 Å². The molecule has 10 heteroatoms. The third kappa shape index (κ3) is 1.58. The molecular formula is C4H6Cl2F6NP. The average Bonchev–Trinajstić information content (AvgIpc) is 1.81. The second-order valence-electron chi connectivity index (χ2n) is 2.65. The van der Waals surface area contributed by atoms with E-state index in [1.165, 1.54) is 0 Å². The van der Waals surface area contributed by atoms with E-state index in [2.05, 4.69) is 22.5 Å². The van der Waals surface area contributed by atoms with Gasteiger partial charge in [-0.2, -0.15) is 0 Å². The van der Waals surface area contributed by atoms with Gasteiger partial charge in [0.2, 0.25) is 0 Å². The maximum atomic E-state index is 12.3. The molecule has 0 rings (SSSR count). The Bertz CT molecular complexity index is 215. The molecule has 0 unspecified atom stereocenters. The summed E-state index contributed by atoms with van der Waals surface area (Å²) >= 11 is 9.31. The Kier molecular flexibility index (Phi) is 3.40. The molecule has 0 bridgehead atoms. The van der Waals surface area contributed by atoms with Crippen LogP contribution in [0.25, 0.3) is 0 Å². The van der Waals surface area contributed by atoms with Gasteiger partial charge in [-0.1, -0.05) is 0 Å². The van der Waals surface area contributed by atoms with E-state index in [1.807, 2.05) is 0 Å². The van der Waals surface area contributed by atoms with E-state index in [0.717, 1.165) is 0 Å². The molecule has 88 valence electrons. The molecule has 14 heavy (non-hydrogen) atoms. The van der Waals surface area contributed by atoms with Gasteiger partial charge in [0.25, 0.3) is 0 Å². The summed E-state index contributed by atoms with van der Waals surface area (Å²) in [5.41, 5.74) is -6.94. The molecule has 0 aliphatic carbocycles. The van der Waals surface area contributed by atoms with Crippen molar-refractivity contribution in [3.8, 4) is 0 Å². The molecule has 0 saturated carbocycles. The molecule has 0 atom stereocenters. The predicted molar refractivity (Wildman–Crippen MR) is 44.4 cm³/mol. The van der Waals surface area contributed by atoms with Crippen molar-refractivity contribution in [2.24, 2.45) is 0 Å². The SMILES string of the molecule is CN(C)P(Cl)(Cl)(C(F)(F)F)C(F)(F)F. The van der Waals surface area contributed by atoms with Crippen molar-refractivity contribution in [1.82, 2.24) is 4.67 Å². The first kappa shape index (κ1) is 14.5. The fourth-order valence-electron chi connectivity index (χ4n) is 0.597. The van der Waals surface area contributed by atoms with Crippen LogP contribution in [0.2, 0.25) is 0 Å². The Morgan fingerprint density at radius 1 is 0.857 bits per heavy atom. The third-order valence-corrected chi connectivity index (χ3v) is 8.81. The van der Waals surface area contributed by atoms with E-state index in [-0.39, 0.29) is 4.67 Å². The molecule has 0 aromatic rings. The first-order valence-corrected chi connectivity index (χ1v) is 7.01. The zero-order valence-corrected chi connectivity index (χ0v) is 9.32. The second-order valence-corrected chi connectivity index (χ2v) is 10.7. The molecule has 0 aromatic carbocycles. The Morgan fingerprint density at radius 3 is 1.07 bits per heavy atom. The topological polar surface area (TPSA) is 3.24 Å². The van der Waals surface area contributed by atoms with Crippen LogP contribution in [0.1, 0.15) is 0 Å². The second kappa shape index (κ2) is 3.27. The zero-order chi connectivity index (χ0) is 12.0. The van der Waals surface area contributed by atoms with Crippen LogP contribution in [0.3, 0.4) is 0 Å². The minimum absolute atomic E-state index is 0.214. The van der Waals surface area contributed by atoms with Crippen LogP contribution in [-0.2, 0) is 0 Å². The summed E-state index contributed by atoms with van der Waals surface area (Å²) in [6.07, 6.45) is 0. The molecular weight excluding hydrogens is 278 g/mol. The summed E-state index contributed by atoms with van der Waals surface area (Å²) in [6.45, 7) is 0. The van der Waals surface area contributed by atoms with E-state index in [9.17, 15) is 26.3 Å². The maximum absolute atomic E-state index is 12.3. The molecule has 0 aliphatic heterocycles. The van der Waals surface area contributed by atoms with Gasteiger partial charge < -0.3 is 0 Å². The number of halogens is 8. The van der Waals surface area contributed by atoms with Crippen molar-refractivity contribution in [3.63, 3.8) is 0 Å². The summed E-state index contributed by atoms with van der Waals surface area (Å²) in [5, 5.41) is 0. The number of alkyl halides is 6. The van der Waals surface area contributed by atoms with Crippen LogP contribution in [0.5, 0.6) is 0 Å². The van der Waals surface area contributed by atoms with Crippen LogP contribution in [0.15, 0.2) is 0 Å². The van der Waals surface area contributed by atoms with Crippen LogP contribution in [-0.4, -0.2) is 30.6 Å². The summed E-state index contributed by atoms with van der Waals surface area (Å²) in [7, 11) is 1.08. The average molecular weight is 284 g/mol. The molecule has 0 radical (unpaired) electrons.